The van der Waals surface area contributed by atoms with Crippen LogP contribution in [0.15, 0.2) is 63.0 Å². The molecule has 0 spiro atoms. The quantitative estimate of drug-likeness (QED) is 0.500. The standard InChI is InChI=1S/C18H17BrN2O2S/c19-14-6-3-5-13(11-14)12-24-18-20-16-8-2-1-7-15(16)17(23)21(18)9-4-10-22/h1-3,5-8,11,22H,4,9-10,12H2. The van der Waals surface area contributed by atoms with Gasteiger partial charge in [-0.2, -0.15) is 0 Å². The van der Waals surface area contributed by atoms with Gasteiger partial charge in [-0.05, 0) is 36.2 Å². The first-order valence-corrected chi connectivity index (χ1v) is 9.44. The molecule has 6 heteroatoms. The maximum absolute atomic E-state index is 12.7. The van der Waals surface area contributed by atoms with Crippen LogP contribution in [-0.4, -0.2) is 21.3 Å². The molecule has 3 rings (SSSR count). The van der Waals surface area contributed by atoms with E-state index >= 15 is 0 Å². The Kier molecular flexibility index (Phi) is 5.71. The molecular formula is C18H17BrN2O2S. The molecule has 0 aliphatic rings. The van der Waals surface area contributed by atoms with Crippen molar-refractivity contribution in [2.75, 3.05) is 6.61 Å². The average molecular weight is 405 g/mol. The van der Waals surface area contributed by atoms with Crippen molar-refractivity contribution in [3.63, 3.8) is 0 Å². The zero-order chi connectivity index (χ0) is 16.9. The molecular weight excluding hydrogens is 388 g/mol. The maximum Gasteiger partial charge on any atom is 0.262 e. The molecule has 1 N–H and O–H groups in total. The average Bonchev–Trinajstić information content (AvgIpc) is 2.59. The Labute approximate surface area is 152 Å². The Morgan fingerprint density at radius 3 is 2.79 bits per heavy atom. The first-order valence-electron chi connectivity index (χ1n) is 7.67. The largest absolute Gasteiger partial charge is 0.396 e. The number of rotatable bonds is 6. The number of aromatic nitrogens is 2. The summed E-state index contributed by atoms with van der Waals surface area (Å²) in [5, 5.41) is 10.4. The highest BCUT2D eigenvalue weighted by Crippen LogP contribution is 2.23. The molecule has 1 aromatic heterocycles. The van der Waals surface area contributed by atoms with Gasteiger partial charge in [-0.3, -0.25) is 9.36 Å². The molecule has 0 amide bonds. The van der Waals surface area contributed by atoms with E-state index in [0.29, 0.717) is 29.0 Å². The van der Waals surface area contributed by atoms with E-state index in [1.807, 2.05) is 30.3 Å². The van der Waals surface area contributed by atoms with E-state index in [-0.39, 0.29) is 12.2 Å². The van der Waals surface area contributed by atoms with Gasteiger partial charge < -0.3 is 5.11 Å². The normalized spacial score (nSPS) is 11.1. The minimum atomic E-state index is -0.0502. The van der Waals surface area contributed by atoms with Crippen LogP contribution in [0.1, 0.15) is 12.0 Å². The Morgan fingerprint density at radius 1 is 1.17 bits per heavy atom. The lowest BCUT2D eigenvalue weighted by molar-refractivity contribution is 0.276. The molecule has 0 bridgehead atoms. The van der Waals surface area contributed by atoms with Gasteiger partial charge in [0.1, 0.15) is 0 Å². The Balaban J connectivity index is 1.96. The smallest absolute Gasteiger partial charge is 0.262 e. The first kappa shape index (κ1) is 17.2. The lowest BCUT2D eigenvalue weighted by atomic mass is 10.2. The fourth-order valence-electron chi connectivity index (χ4n) is 2.46. The summed E-state index contributed by atoms with van der Waals surface area (Å²) < 4.78 is 2.70. The molecule has 3 aromatic rings. The molecule has 0 radical (unpaired) electrons. The molecule has 4 nitrogen and oxygen atoms in total. The van der Waals surface area contributed by atoms with Crippen molar-refractivity contribution in [3.05, 3.63) is 68.9 Å². The molecule has 0 saturated carbocycles. The molecule has 24 heavy (non-hydrogen) atoms. The van der Waals surface area contributed by atoms with E-state index in [0.717, 1.165) is 15.8 Å². The summed E-state index contributed by atoms with van der Waals surface area (Å²) in [5.74, 6) is 0.726. The fraction of sp³-hybridized carbons (Fsp3) is 0.222. The highest BCUT2D eigenvalue weighted by atomic mass is 79.9. The molecule has 0 fully saturated rings. The molecule has 0 unspecified atom stereocenters. The van der Waals surface area contributed by atoms with Crippen LogP contribution in [-0.2, 0) is 12.3 Å². The second kappa shape index (κ2) is 7.96. The van der Waals surface area contributed by atoms with Crippen molar-refractivity contribution < 1.29 is 5.11 Å². The molecule has 0 saturated heterocycles. The Bertz CT molecular complexity index is 911. The molecule has 2 aromatic carbocycles. The summed E-state index contributed by atoms with van der Waals surface area (Å²) in [5.41, 5.74) is 1.82. The number of para-hydroxylation sites is 1. The van der Waals surface area contributed by atoms with Crippen LogP contribution in [0.4, 0.5) is 0 Å². The van der Waals surface area contributed by atoms with E-state index in [1.54, 1.807) is 10.6 Å². The predicted molar refractivity (Wildman–Crippen MR) is 101 cm³/mol. The highest BCUT2D eigenvalue weighted by molar-refractivity contribution is 9.10. The number of thioether (sulfide) groups is 1. The summed E-state index contributed by atoms with van der Waals surface area (Å²) in [6.07, 6.45) is 0.532. The van der Waals surface area contributed by atoms with Crippen molar-refractivity contribution in [1.29, 1.82) is 0 Å². The van der Waals surface area contributed by atoms with Gasteiger partial charge in [0.2, 0.25) is 0 Å². The van der Waals surface area contributed by atoms with E-state index in [9.17, 15) is 4.79 Å². The second-order valence-electron chi connectivity index (χ2n) is 5.36. The topological polar surface area (TPSA) is 55.1 Å². The number of hydrogen-bond acceptors (Lipinski definition) is 4. The van der Waals surface area contributed by atoms with Crippen molar-refractivity contribution in [2.24, 2.45) is 0 Å². The van der Waals surface area contributed by atoms with Gasteiger partial charge in [0.15, 0.2) is 5.16 Å². The maximum atomic E-state index is 12.7. The van der Waals surface area contributed by atoms with Crippen molar-refractivity contribution in [3.8, 4) is 0 Å². The number of nitrogens with zero attached hydrogens (tertiary/aromatic N) is 2. The van der Waals surface area contributed by atoms with Crippen LogP contribution in [0.3, 0.4) is 0 Å². The van der Waals surface area contributed by atoms with Gasteiger partial charge in [0.05, 0.1) is 10.9 Å². The summed E-state index contributed by atoms with van der Waals surface area (Å²) in [6, 6.07) is 15.5. The monoisotopic (exact) mass is 404 g/mol. The lowest BCUT2D eigenvalue weighted by Crippen LogP contribution is -2.24. The van der Waals surface area contributed by atoms with Gasteiger partial charge in [-0.15, -0.1) is 0 Å². The van der Waals surface area contributed by atoms with E-state index in [1.165, 1.54) is 11.8 Å². The van der Waals surface area contributed by atoms with Crippen LogP contribution in [0.25, 0.3) is 10.9 Å². The van der Waals surface area contributed by atoms with Gasteiger partial charge in [0, 0.05) is 23.4 Å². The number of halogens is 1. The Hall–Kier alpha value is -1.63. The van der Waals surface area contributed by atoms with Crippen LogP contribution >= 0.6 is 27.7 Å². The molecule has 0 atom stereocenters. The number of benzene rings is 2. The lowest BCUT2D eigenvalue weighted by Gasteiger charge is -2.12. The Morgan fingerprint density at radius 2 is 2.00 bits per heavy atom. The van der Waals surface area contributed by atoms with Gasteiger partial charge in [-0.25, -0.2) is 4.98 Å². The van der Waals surface area contributed by atoms with Gasteiger partial charge in [0.25, 0.3) is 5.56 Å². The van der Waals surface area contributed by atoms with Crippen LogP contribution in [0.2, 0.25) is 0 Å². The third-order valence-electron chi connectivity index (χ3n) is 3.62. The van der Waals surface area contributed by atoms with E-state index in [2.05, 4.69) is 33.0 Å². The molecule has 0 aliphatic carbocycles. The van der Waals surface area contributed by atoms with Crippen molar-refractivity contribution >= 4 is 38.6 Å². The minimum Gasteiger partial charge on any atom is -0.396 e. The van der Waals surface area contributed by atoms with Crippen LogP contribution in [0.5, 0.6) is 0 Å². The van der Waals surface area contributed by atoms with Crippen molar-refractivity contribution in [1.82, 2.24) is 9.55 Å². The van der Waals surface area contributed by atoms with E-state index < -0.39 is 0 Å². The summed E-state index contributed by atoms with van der Waals surface area (Å²) in [6.45, 7) is 0.517. The molecule has 1 heterocycles. The van der Waals surface area contributed by atoms with E-state index in [4.69, 9.17) is 5.11 Å². The van der Waals surface area contributed by atoms with Gasteiger partial charge >= 0.3 is 0 Å². The van der Waals surface area contributed by atoms with Gasteiger partial charge in [-0.1, -0.05) is 52.0 Å². The highest BCUT2D eigenvalue weighted by Gasteiger charge is 2.11. The first-order chi connectivity index (χ1) is 11.7. The minimum absolute atomic E-state index is 0.0502. The zero-order valence-corrected chi connectivity index (χ0v) is 15.4. The molecule has 0 aliphatic heterocycles. The van der Waals surface area contributed by atoms with Crippen LogP contribution in [0, 0.1) is 0 Å². The van der Waals surface area contributed by atoms with Crippen LogP contribution < -0.4 is 5.56 Å². The number of aliphatic hydroxyl groups excluding tert-OH is 1. The third kappa shape index (κ3) is 3.88. The number of aliphatic hydroxyl groups is 1. The number of fused-ring (bicyclic) bond motifs is 1. The second-order valence-corrected chi connectivity index (χ2v) is 7.22. The number of hydrogen-bond donors (Lipinski definition) is 1. The third-order valence-corrected chi connectivity index (χ3v) is 5.16. The fourth-order valence-corrected chi connectivity index (χ4v) is 3.87. The summed E-state index contributed by atoms with van der Waals surface area (Å²) in [4.78, 5) is 17.4. The zero-order valence-electron chi connectivity index (χ0n) is 13.0. The molecule has 124 valence electrons. The summed E-state index contributed by atoms with van der Waals surface area (Å²) in [7, 11) is 0. The van der Waals surface area contributed by atoms with Crippen molar-refractivity contribution in [2.45, 2.75) is 23.9 Å². The summed E-state index contributed by atoms with van der Waals surface area (Å²) >= 11 is 5.01. The predicted octanol–water partition coefficient (Wildman–Crippen LogP) is 3.83. The SMILES string of the molecule is O=c1c2ccccc2nc(SCc2cccc(Br)c2)n1CCCO.